The molecule has 0 radical (unpaired) electrons. The van der Waals surface area contributed by atoms with Crippen LogP contribution >= 0.6 is 7.60 Å². The van der Waals surface area contributed by atoms with Crippen LogP contribution in [0.2, 0.25) is 0 Å². The van der Waals surface area contributed by atoms with E-state index in [4.69, 9.17) is 13.8 Å². The Balaban J connectivity index is 1.77. The van der Waals surface area contributed by atoms with Crippen LogP contribution in [0.3, 0.4) is 0 Å². The fourth-order valence-corrected chi connectivity index (χ4v) is 4.21. The monoisotopic (exact) mass is 439 g/mol. The molecule has 0 atom stereocenters. The van der Waals surface area contributed by atoms with Gasteiger partial charge in [-0.1, -0.05) is 48.5 Å². The number of hydrogen-bond acceptors (Lipinski definition) is 5. The number of hydrogen-bond donors (Lipinski definition) is 1. The molecule has 3 aromatic rings. The van der Waals surface area contributed by atoms with Gasteiger partial charge in [-0.3, -0.25) is 0 Å². The van der Waals surface area contributed by atoms with E-state index in [0.29, 0.717) is 16.8 Å². The highest BCUT2D eigenvalue weighted by Crippen LogP contribution is 2.47. The molecule has 0 bridgehead atoms. The molecule has 0 saturated heterocycles. The van der Waals surface area contributed by atoms with E-state index >= 15 is 0 Å². The summed E-state index contributed by atoms with van der Waals surface area (Å²) >= 11 is 0. The molecule has 31 heavy (non-hydrogen) atoms. The molecular weight excluding hydrogens is 413 g/mol. The third-order valence-electron chi connectivity index (χ3n) is 4.03. The Morgan fingerprint density at radius 2 is 1.29 bits per heavy atom. The summed E-state index contributed by atoms with van der Waals surface area (Å²) in [6.07, 6.45) is -0.498. The molecule has 1 N–H and O–H groups in total. The summed E-state index contributed by atoms with van der Waals surface area (Å²) in [5.41, 5.74) is 0.255. The number of alkyl carbamates (subject to hydrolysis) is 1. The lowest BCUT2D eigenvalue weighted by atomic mass is 10.2. The lowest BCUT2D eigenvalue weighted by molar-refractivity contribution is 0.0523. The van der Waals surface area contributed by atoms with Crippen molar-refractivity contribution in [2.75, 3.05) is 0 Å². The van der Waals surface area contributed by atoms with E-state index in [9.17, 15) is 9.36 Å². The number of carbonyl (C=O) groups is 1. The van der Waals surface area contributed by atoms with E-state index in [1.54, 1.807) is 93.6 Å². The van der Waals surface area contributed by atoms with Gasteiger partial charge in [0.25, 0.3) is 0 Å². The maximum Gasteiger partial charge on any atom is 0.462 e. The first kappa shape index (κ1) is 22.4. The second kappa shape index (κ2) is 9.71. The molecule has 3 rings (SSSR count). The Morgan fingerprint density at radius 3 is 1.74 bits per heavy atom. The molecule has 1 amide bonds. The molecule has 7 heteroatoms. The Kier molecular flexibility index (Phi) is 7.03. The van der Waals surface area contributed by atoms with Gasteiger partial charge in [0.15, 0.2) is 0 Å². The molecule has 162 valence electrons. The van der Waals surface area contributed by atoms with E-state index in [-0.39, 0.29) is 6.54 Å². The lowest BCUT2D eigenvalue weighted by Gasteiger charge is -2.21. The fourth-order valence-electron chi connectivity index (χ4n) is 2.65. The van der Waals surface area contributed by atoms with Crippen molar-refractivity contribution in [3.63, 3.8) is 0 Å². The minimum atomic E-state index is -3.71. The standard InChI is InChI=1S/C24H26NO5P/c1-24(2,3)28-23(26)25-18-19-14-16-22(17-15-19)31(27,29-20-10-6-4-7-11-20)30-21-12-8-5-9-13-21/h4-17H,18H2,1-3H3,(H,25,26). The van der Waals surface area contributed by atoms with Gasteiger partial charge in [-0.15, -0.1) is 0 Å². The van der Waals surface area contributed by atoms with E-state index in [0.717, 1.165) is 5.56 Å². The normalized spacial score (nSPS) is 11.5. The first-order valence-corrected chi connectivity index (χ1v) is 11.4. The Hall–Kier alpha value is -3.24. The number of ether oxygens (including phenoxy) is 1. The van der Waals surface area contributed by atoms with Crippen LogP contribution in [0.1, 0.15) is 26.3 Å². The van der Waals surface area contributed by atoms with E-state index in [1.807, 2.05) is 12.1 Å². The maximum atomic E-state index is 13.8. The minimum absolute atomic E-state index is 0.276. The van der Waals surface area contributed by atoms with E-state index in [2.05, 4.69) is 5.32 Å². The van der Waals surface area contributed by atoms with E-state index in [1.165, 1.54) is 0 Å². The zero-order valence-corrected chi connectivity index (χ0v) is 18.7. The lowest BCUT2D eigenvalue weighted by Crippen LogP contribution is -2.32. The van der Waals surface area contributed by atoms with Crippen LogP contribution in [-0.2, 0) is 15.8 Å². The van der Waals surface area contributed by atoms with Gasteiger partial charge in [-0.05, 0) is 62.7 Å². The van der Waals surface area contributed by atoms with Crippen molar-refractivity contribution in [2.24, 2.45) is 0 Å². The minimum Gasteiger partial charge on any atom is -0.444 e. The zero-order valence-electron chi connectivity index (χ0n) is 17.8. The van der Waals surface area contributed by atoms with Crippen molar-refractivity contribution in [2.45, 2.75) is 32.9 Å². The first-order valence-electron chi connectivity index (χ1n) is 9.89. The summed E-state index contributed by atoms with van der Waals surface area (Å²) in [7, 11) is -3.71. The molecule has 0 unspecified atom stereocenters. The van der Waals surface area contributed by atoms with Crippen LogP contribution in [0.4, 0.5) is 4.79 Å². The number of carbonyl (C=O) groups excluding carboxylic acids is 1. The van der Waals surface area contributed by atoms with Gasteiger partial charge in [0.1, 0.15) is 17.1 Å². The second-order valence-corrected chi connectivity index (χ2v) is 9.70. The molecule has 3 aromatic carbocycles. The summed E-state index contributed by atoms with van der Waals surface area (Å²) in [6, 6.07) is 24.7. The van der Waals surface area contributed by atoms with Crippen molar-refractivity contribution in [1.29, 1.82) is 0 Å². The Labute approximate surface area is 182 Å². The van der Waals surface area contributed by atoms with Gasteiger partial charge in [0, 0.05) is 6.54 Å². The second-order valence-electron chi connectivity index (χ2n) is 7.83. The quantitative estimate of drug-likeness (QED) is 0.479. The van der Waals surface area contributed by atoms with Crippen LogP contribution in [0, 0.1) is 0 Å². The number of nitrogens with one attached hydrogen (secondary N) is 1. The van der Waals surface area contributed by atoms with Gasteiger partial charge in [0.05, 0.1) is 5.30 Å². The molecule has 0 fully saturated rings. The highest BCUT2D eigenvalue weighted by atomic mass is 31.2. The highest BCUT2D eigenvalue weighted by molar-refractivity contribution is 7.63. The number of benzene rings is 3. The zero-order chi connectivity index (χ0) is 22.3. The molecule has 0 aliphatic rings. The summed E-state index contributed by atoms with van der Waals surface area (Å²) in [5.74, 6) is 0.884. The van der Waals surface area contributed by atoms with Crippen molar-refractivity contribution in [3.8, 4) is 11.5 Å². The SMILES string of the molecule is CC(C)(C)OC(=O)NCc1ccc(P(=O)(Oc2ccccc2)Oc2ccccc2)cc1. The first-order chi connectivity index (χ1) is 14.7. The van der Waals surface area contributed by atoms with Gasteiger partial charge in [-0.2, -0.15) is 0 Å². The predicted octanol–water partition coefficient (Wildman–Crippen LogP) is 5.69. The number of amides is 1. The van der Waals surface area contributed by atoms with Crippen LogP contribution < -0.4 is 19.7 Å². The predicted molar refractivity (Wildman–Crippen MR) is 121 cm³/mol. The number of para-hydroxylation sites is 2. The highest BCUT2D eigenvalue weighted by Gasteiger charge is 2.31. The summed E-state index contributed by atoms with van der Waals surface area (Å²) in [4.78, 5) is 11.8. The van der Waals surface area contributed by atoms with Crippen molar-refractivity contribution >= 4 is 19.0 Å². The molecular formula is C24H26NO5P. The Bertz CT molecular complexity index is 986. The fraction of sp³-hybridized carbons (Fsp3) is 0.208. The van der Waals surface area contributed by atoms with Gasteiger partial charge >= 0.3 is 13.7 Å². The molecule has 0 aromatic heterocycles. The van der Waals surface area contributed by atoms with Gasteiger partial charge < -0.3 is 19.1 Å². The largest absolute Gasteiger partial charge is 0.462 e. The van der Waals surface area contributed by atoms with Crippen LogP contribution in [-0.4, -0.2) is 11.7 Å². The number of rotatable bonds is 7. The molecule has 0 aliphatic heterocycles. The summed E-state index contributed by atoms with van der Waals surface area (Å²) < 4.78 is 30.6. The maximum absolute atomic E-state index is 13.8. The average molecular weight is 439 g/mol. The molecule has 0 saturated carbocycles. The average Bonchev–Trinajstić information content (AvgIpc) is 2.73. The molecule has 6 nitrogen and oxygen atoms in total. The molecule has 0 spiro atoms. The van der Waals surface area contributed by atoms with Crippen molar-refractivity contribution in [3.05, 3.63) is 90.5 Å². The van der Waals surface area contributed by atoms with Crippen LogP contribution in [0.15, 0.2) is 84.9 Å². The van der Waals surface area contributed by atoms with E-state index < -0.39 is 19.3 Å². The van der Waals surface area contributed by atoms with Crippen LogP contribution in [0.5, 0.6) is 11.5 Å². The smallest absolute Gasteiger partial charge is 0.444 e. The van der Waals surface area contributed by atoms with Gasteiger partial charge in [-0.25, -0.2) is 9.36 Å². The third kappa shape index (κ3) is 6.90. The molecule has 0 aliphatic carbocycles. The summed E-state index contributed by atoms with van der Waals surface area (Å²) in [5, 5.41) is 3.10. The van der Waals surface area contributed by atoms with Crippen molar-refractivity contribution < 1.29 is 23.1 Å². The van der Waals surface area contributed by atoms with Crippen molar-refractivity contribution in [1.82, 2.24) is 5.32 Å². The van der Waals surface area contributed by atoms with Gasteiger partial charge in [0.2, 0.25) is 0 Å². The third-order valence-corrected chi connectivity index (χ3v) is 5.86. The topological polar surface area (TPSA) is 73.9 Å². The molecule has 0 heterocycles. The Morgan fingerprint density at radius 1 is 0.806 bits per heavy atom. The summed E-state index contributed by atoms with van der Waals surface area (Å²) in [6.45, 7) is 5.69. The van der Waals surface area contributed by atoms with Crippen LogP contribution in [0.25, 0.3) is 0 Å².